The number of anilines is 1. The van der Waals surface area contributed by atoms with E-state index in [0.29, 0.717) is 6.54 Å². The van der Waals surface area contributed by atoms with Gasteiger partial charge in [0.2, 0.25) is 0 Å². The summed E-state index contributed by atoms with van der Waals surface area (Å²) in [5, 5.41) is 0. The fourth-order valence-corrected chi connectivity index (χ4v) is 1.91. The quantitative estimate of drug-likeness (QED) is 0.838. The molecule has 1 aromatic carbocycles. The van der Waals surface area contributed by atoms with E-state index < -0.39 is 6.10 Å². The van der Waals surface area contributed by atoms with Crippen molar-refractivity contribution < 1.29 is 9.53 Å². The highest BCUT2D eigenvalue weighted by Crippen LogP contribution is 2.18. The molecule has 0 saturated carbocycles. The molecule has 1 heterocycles. The molecule has 4 nitrogen and oxygen atoms in total. The Balaban J connectivity index is 2.27. The SMILES string of the molecule is CO[C@@H](C)C(=O)N(Cc1ccccc1)c1ccncc1. The summed E-state index contributed by atoms with van der Waals surface area (Å²) in [6, 6.07) is 13.5. The second-order valence-corrected chi connectivity index (χ2v) is 4.49. The maximum absolute atomic E-state index is 12.5. The minimum absolute atomic E-state index is 0.0671. The zero-order valence-corrected chi connectivity index (χ0v) is 11.7. The molecule has 0 radical (unpaired) electrons. The fraction of sp³-hybridized carbons (Fsp3) is 0.250. The van der Waals surface area contributed by atoms with Gasteiger partial charge in [-0.2, -0.15) is 0 Å². The smallest absolute Gasteiger partial charge is 0.256 e. The van der Waals surface area contributed by atoms with Gasteiger partial charge in [-0.05, 0) is 24.6 Å². The number of hydrogen-bond acceptors (Lipinski definition) is 3. The lowest BCUT2D eigenvalue weighted by atomic mass is 10.2. The van der Waals surface area contributed by atoms with Gasteiger partial charge in [-0.15, -0.1) is 0 Å². The van der Waals surface area contributed by atoms with Gasteiger partial charge in [0.15, 0.2) is 0 Å². The summed E-state index contributed by atoms with van der Waals surface area (Å²) in [6.07, 6.45) is 2.88. The van der Waals surface area contributed by atoms with Crippen LogP contribution in [0.5, 0.6) is 0 Å². The number of pyridine rings is 1. The van der Waals surface area contributed by atoms with Gasteiger partial charge in [0.1, 0.15) is 6.10 Å². The Morgan fingerprint density at radius 1 is 1.20 bits per heavy atom. The van der Waals surface area contributed by atoms with E-state index in [4.69, 9.17) is 4.74 Å². The lowest BCUT2D eigenvalue weighted by Gasteiger charge is -2.25. The van der Waals surface area contributed by atoms with Crippen LogP contribution in [0.4, 0.5) is 5.69 Å². The van der Waals surface area contributed by atoms with E-state index in [0.717, 1.165) is 11.3 Å². The Hall–Kier alpha value is -2.20. The molecular formula is C16H18N2O2. The Labute approximate surface area is 119 Å². The summed E-state index contributed by atoms with van der Waals surface area (Å²) in [6.45, 7) is 2.26. The first kappa shape index (κ1) is 14.2. The predicted octanol–water partition coefficient (Wildman–Crippen LogP) is 2.65. The van der Waals surface area contributed by atoms with Gasteiger partial charge in [0, 0.05) is 25.2 Å². The van der Waals surface area contributed by atoms with Crippen LogP contribution >= 0.6 is 0 Å². The van der Waals surface area contributed by atoms with Crippen LogP contribution in [0.2, 0.25) is 0 Å². The monoisotopic (exact) mass is 270 g/mol. The van der Waals surface area contributed by atoms with Crippen LogP contribution in [0, 0.1) is 0 Å². The number of amides is 1. The summed E-state index contributed by atoms with van der Waals surface area (Å²) < 4.78 is 5.15. The van der Waals surface area contributed by atoms with Gasteiger partial charge in [-0.3, -0.25) is 9.78 Å². The molecule has 2 rings (SSSR count). The summed E-state index contributed by atoms with van der Waals surface area (Å²) >= 11 is 0. The third kappa shape index (κ3) is 3.42. The number of rotatable bonds is 5. The molecule has 0 fully saturated rings. The molecule has 0 aliphatic carbocycles. The molecule has 4 heteroatoms. The average Bonchev–Trinajstić information content (AvgIpc) is 2.53. The third-order valence-corrected chi connectivity index (χ3v) is 3.13. The van der Waals surface area contributed by atoms with Gasteiger partial charge < -0.3 is 9.64 Å². The van der Waals surface area contributed by atoms with Crippen molar-refractivity contribution in [3.63, 3.8) is 0 Å². The molecule has 20 heavy (non-hydrogen) atoms. The highest BCUT2D eigenvalue weighted by Gasteiger charge is 2.21. The zero-order chi connectivity index (χ0) is 14.4. The topological polar surface area (TPSA) is 42.4 Å². The normalized spacial score (nSPS) is 11.9. The van der Waals surface area contributed by atoms with Crippen LogP contribution in [-0.4, -0.2) is 24.1 Å². The van der Waals surface area contributed by atoms with Crippen molar-refractivity contribution in [3.05, 3.63) is 60.4 Å². The molecule has 0 saturated heterocycles. The van der Waals surface area contributed by atoms with Crippen molar-refractivity contribution in [2.45, 2.75) is 19.6 Å². The lowest BCUT2D eigenvalue weighted by Crippen LogP contribution is -2.38. The number of carbonyl (C=O) groups excluding carboxylic acids is 1. The molecule has 0 bridgehead atoms. The number of hydrogen-bond donors (Lipinski definition) is 0. The van der Waals surface area contributed by atoms with Gasteiger partial charge >= 0.3 is 0 Å². The molecule has 0 aliphatic rings. The minimum atomic E-state index is -0.480. The highest BCUT2D eigenvalue weighted by atomic mass is 16.5. The number of nitrogens with zero attached hydrogens (tertiary/aromatic N) is 2. The van der Waals surface area contributed by atoms with Crippen molar-refractivity contribution in [2.75, 3.05) is 12.0 Å². The van der Waals surface area contributed by atoms with Gasteiger partial charge in [-0.1, -0.05) is 30.3 Å². The summed E-state index contributed by atoms with van der Waals surface area (Å²) in [5.41, 5.74) is 1.89. The maximum Gasteiger partial charge on any atom is 0.256 e. The molecule has 0 unspecified atom stereocenters. The summed E-state index contributed by atoms with van der Waals surface area (Å²) in [5.74, 6) is -0.0671. The second kappa shape index (κ2) is 6.82. The van der Waals surface area contributed by atoms with Crippen LogP contribution in [0.25, 0.3) is 0 Å². The maximum atomic E-state index is 12.5. The lowest BCUT2D eigenvalue weighted by molar-refractivity contribution is -0.127. The van der Waals surface area contributed by atoms with Crippen molar-refractivity contribution in [1.29, 1.82) is 0 Å². The van der Waals surface area contributed by atoms with E-state index in [1.54, 1.807) is 24.2 Å². The fourth-order valence-electron chi connectivity index (χ4n) is 1.91. The molecule has 0 N–H and O–H groups in total. The summed E-state index contributed by atoms with van der Waals surface area (Å²) in [4.78, 5) is 18.2. The number of methoxy groups -OCH3 is 1. The van der Waals surface area contributed by atoms with Crippen LogP contribution in [0.1, 0.15) is 12.5 Å². The largest absolute Gasteiger partial charge is 0.372 e. The average molecular weight is 270 g/mol. The Kier molecular flexibility index (Phi) is 4.85. The van der Waals surface area contributed by atoms with Crippen LogP contribution in [0.3, 0.4) is 0 Å². The first-order valence-electron chi connectivity index (χ1n) is 6.50. The Morgan fingerprint density at radius 3 is 2.45 bits per heavy atom. The molecule has 0 aliphatic heterocycles. The predicted molar refractivity (Wildman–Crippen MR) is 78.3 cm³/mol. The Morgan fingerprint density at radius 2 is 1.85 bits per heavy atom. The van der Waals surface area contributed by atoms with E-state index in [2.05, 4.69) is 4.98 Å². The van der Waals surface area contributed by atoms with Crippen molar-refractivity contribution >= 4 is 11.6 Å². The van der Waals surface area contributed by atoms with Crippen molar-refractivity contribution in [3.8, 4) is 0 Å². The molecule has 104 valence electrons. The van der Waals surface area contributed by atoms with E-state index in [1.807, 2.05) is 42.5 Å². The van der Waals surface area contributed by atoms with E-state index in [9.17, 15) is 4.79 Å². The molecule has 2 aromatic rings. The molecular weight excluding hydrogens is 252 g/mol. The number of ether oxygens (including phenoxy) is 1. The van der Waals surface area contributed by atoms with Gasteiger partial charge in [-0.25, -0.2) is 0 Å². The van der Waals surface area contributed by atoms with E-state index in [-0.39, 0.29) is 5.91 Å². The van der Waals surface area contributed by atoms with Crippen LogP contribution in [-0.2, 0) is 16.1 Å². The second-order valence-electron chi connectivity index (χ2n) is 4.49. The number of carbonyl (C=O) groups is 1. The summed E-state index contributed by atoms with van der Waals surface area (Å²) in [7, 11) is 1.54. The van der Waals surface area contributed by atoms with Crippen LogP contribution in [0.15, 0.2) is 54.9 Å². The molecule has 1 aromatic heterocycles. The number of benzene rings is 1. The standard InChI is InChI=1S/C16H18N2O2/c1-13(20-2)16(19)18(15-8-10-17-11-9-15)12-14-6-4-3-5-7-14/h3-11,13H,12H2,1-2H3/t13-/m0/s1. The third-order valence-electron chi connectivity index (χ3n) is 3.13. The first-order valence-corrected chi connectivity index (χ1v) is 6.50. The van der Waals surface area contributed by atoms with Crippen LogP contribution < -0.4 is 4.90 Å². The zero-order valence-electron chi connectivity index (χ0n) is 11.7. The number of aromatic nitrogens is 1. The molecule has 1 atom stereocenters. The molecule has 0 spiro atoms. The van der Waals surface area contributed by atoms with E-state index in [1.165, 1.54) is 7.11 Å². The van der Waals surface area contributed by atoms with Gasteiger partial charge in [0.05, 0.1) is 6.54 Å². The highest BCUT2D eigenvalue weighted by molar-refractivity contribution is 5.96. The van der Waals surface area contributed by atoms with Crippen molar-refractivity contribution in [1.82, 2.24) is 4.98 Å². The first-order chi connectivity index (χ1) is 9.72. The minimum Gasteiger partial charge on any atom is -0.372 e. The van der Waals surface area contributed by atoms with E-state index >= 15 is 0 Å². The Bertz CT molecular complexity index is 543. The molecule has 1 amide bonds. The van der Waals surface area contributed by atoms with Crippen molar-refractivity contribution in [2.24, 2.45) is 0 Å². The van der Waals surface area contributed by atoms with Gasteiger partial charge in [0.25, 0.3) is 5.91 Å².